The van der Waals surface area contributed by atoms with Crippen molar-refractivity contribution in [1.82, 2.24) is 10.2 Å². The Morgan fingerprint density at radius 3 is 2.30 bits per heavy atom. The molecule has 0 aliphatic rings. The van der Waals surface area contributed by atoms with Crippen molar-refractivity contribution in [3.05, 3.63) is 22.6 Å². The Labute approximate surface area is 55.7 Å². The van der Waals surface area contributed by atoms with Gasteiger partial charge in [-0.15, -0.1) is 0 Å². The van der Waals surface area contributed by atoms with Crippen LogP contribution in [0.25, 0.3) is 0 Å². The molecule has 1 rings (SSSR count). The maximum atomic E-state index is 9.98. The average molecular weight is 145 g/mol. The number of carboxylic acid groups (broad SMARTS) is 1. The summed E-state index contributed by atoms with van der Waals surface area (Å²) in [6, 6.07) is 1.42. The highest BCUT2D eigenvalue weighted by molar-refractivity contribution is 5.61. The van der Waals surface area contributed by atoms with Crippen molar-refractivity contribution in [2.24, 2.45) is 5.73 Å². The maximum Gasteiger partial charge on any atom is 0.402 e. The molecule has 0 fully saturated rings. The minimum Gasteiger partial charge on any atom is -0.465 e. The number of aromatic nitrogens is 2. The molecule has 0 spiro atoms. The lowest BCUT2D eigenvalue weighted by Gasteiger charge is -1.61. The lowest BCUT2D eigenvalue weighted by atomic mass is 10.7. The Hall–Kier alpha value is -1.72. The van der Waals surface area contributed by atoms with Gasteiger partial charge in [-0.05, 0) is 0 Å². The third-order valence-electron chi connectivity index (χ3n) is 0.513. The van der Waals surface area contributed by atoms with Crippen LogP contribution in [0.4, 0.5) is 4.79 Å². The summed E-state index contributed by atoms with van der Waals surface area (Å²) in [5.41, 5.74) is 3.94. The molecule has 0 atom stereocenters. The third kappa shape index (κ3) is 6.28. The van der Waals surface area contributed by atoms with E-state index in [-0.39, 0.29) is 5.56 Å². The second kappa shape index (κ2) is 4.19. The van der Waals surface area contributed by atoms with E-state index >= 15 is 0 Å². The molecule has 0 bridgehead atoms. The molecular weight excluding hydrogens is 138 g/mol. The molecule has 1 amide bonds. The molecule has 0 aliphatic carbocycles. The predicted octanol–water partition coefficient (Wildman–Crippen LogP) is -0.674. The standard InChI is InChI=1S/C3H4N2O.CH3NO2/c6-3-1-2-4-5-3;2-1(3)4/h1-2H,(H2,4,5,6);2H2,(H,3,4). The van der Waals surface area contributed by atoms with Crippen LogP contribution < -0.4 is 11.3 Å². The van der Waals surface area contributed by atoms with Crippen LogP contribution in [0.1, 0.15) is 0 Å². The Morgan fingerprint density at radius 2 is 2.20 bits per heavy atom. The van der Waals surface area contributed by atoms with Crippen LogP contribution in [0.3, 0.4) is 0 Å². The quantitative estimate of drug-likeness (QED) is 0.388. The molecule has 1 aromatic rings. The minimum absolute atomic E-state index is 0.0880. The molecule has 1 heterocycles. The highest BCUT2D eigenvalue weighted by Gasteiger charge is 1.70. The first-order chi connectivity index (χ1) is 4.63. The van der Waals surface area contributed by atoms with Crippen LogP contribution in [0.5, 0.6) is 0 Å². The molecule has 0 unspecified atom stereocenters. The van der Waals surface area contributed by atoms with Crippen LogP contribution in [0.2, 0.25) is 0 Å². The lowest BCUT2D eigenvalue weighted by molar-refractivity contribution is 0.205. The van der Waals surface area contributed by atoms with Gasteiger partial charge in [0.05, 0.1) is 0 Å². The van der Waals surface area contributed by atoms with Crippen molar-refractivity contribution in [3.63, 3.8) is 0 Å². The summed E-state index contributed by atoms with van der Waals surface area (Å²) in [7, 11) is 0. The van der Waals surface area contributed by atoms with Crippen LogP contribution in [0.15, 0.2) is 17.1 Å². The van der Waals surface area contributed by atoms with Gasteiger partial charge in [0.15, 0.2) is 0 Å². The van der Waals surface area contributed by atoms with Gasteiger partial charge in [0.25, 0.3) is 5.56 Å². The number of aromatic amines is 2. The molecule has 56 valence electrons. The Kier molecular flexibility index (Phi) is 3.47. The maximum absolute atomic E-state index is 9.98. The fraction of sp³-hybridized carbons (Fsp3) is 0. The Bertz CT molecular complexity index is 217. The lowest BCUT2D eigenvalue weighted by Crippen LogP contribution is -2.03. The van der Waals surface area contributed by atoms with Gasteiger partial charge in [-0.3, -0.25) is 9.89 Å². The van der Waals surface area contributed by atoms with Gasteiger partial charge in [-0.25, -0.2) is 4.79 Å². The van der Waals surface area contributed by atoms with Crippen molar-refractivity contribution in [3.8, 4) is 0 Å². The van der Waals surface area contributed by atoms with Gasteiger partial charge >= 0.3 is 6.09 Å². The molecule has 6 nitrogen and oxygen atoms in total. The van der Waals surface area contributed by atoms with Crippen LogP contribution in [-0.4, -0.2) is 21.4 Å². The predicted molar refractivity (Wildman–Crippen MR) is 33.6 cm³/mol. The number of hydrogen-bond donors (Lipinski definition) is 4. The molecule has 1 aromatic heterocycles. The van der Waals surface area contributed by atoms with E-state index in [1.165, 1.54) is 6.07 Å². The van der Waals surface area contributed by atoms with E-state index in [4.69, 9.17) is 9.90 Å². The zero-order valence-corrected chi connectivity index (χ0v) is 5.00. The van der Waals surface area contributed by atoms with Gasteiger partial charge < -0.3 is 15.9 Å². The fourth-order valence-electron chi connectivity index (χ4n) is 0.272. The van der Waals surface area contributed by atoms with Crippen molar-refractivity contribution < 1.29 is 9.90 Å². The first-order valence-corrected chi connectivity index (χ1v) is 2.33. The Balaban J connectivity index is 0.000000180. The van der Waals surface area contributed by atoms with E-state index in [1.54, 1.807) is 6.20 Å². The van der Waals surface area contributed by atoms with E-state index in [2.05, 4.69) is 15.9 Å². The minimum atomic E-state index is -1.33. The molecule has 6 heteroatoms. The molecule has 10 heavy (non-hydrogen) atoms. The summed E-state index contributed by atoms with van der Waals surface area (Å²) < 4.78 is 0. The number of hydrogen-bond acceptors (Lipinski definition) is 2. The second-order valence-electron chi connectivity index (χ2n) is 1.31. The number of rotatable bonds is 0. The summed E-state index contributed by atoms with van der Waals surface area (Å²) in [4.78, 5) is 18.8. The van der Waals surface area contributed by atoms with E-state index in [0.29, 0.717) is 0 Å². The Morgan fingerprint density at radius 1 is 1.70 bits per heavy atom. The topological polar surface area (TPSA) is 112 Å². The summed E-state index contributed by atoms with van der Waals surface area (Å²) >= 11 is 0. The van der Waals surface area contributed by atoms with Gasteiger partial charge in [0.1, 0.15) is 0 Å². The molecule has 0 radical (unpaired) electrons. The first kappa shape index (κ1) is 8.28. The van der Waals surface area contributed by atoms with Gasteiger partial charge in [-0.1, -0.05) is 0 Å². The zero-order chi connectivity index (χ0) is 7.98. The van der Waals surface area contributed by atoms with Gasteiger partial charge in [0, 0.05) is 12.3 Å². The normalized spacial score (nSPS) is 7.60. The van der Waals surface area contributed by atoms with Gasteiger partial charge in [-0.2, -0.15) is 0 Å². The molecule has 0 aromatic carbocycles. The largest absolute Gasteiger partial charge is 0.465 e. The molecule has 0 saturated carbocycles. The number of H-pyrrole nitrogens is 2. The van der Waals surface area contributed by atoms with Crippen LogP contribution >= 0.6 is 0 Å². The number of primary amides is 1. The van der Waals surface area contributed by atoms with E-state index < -0.39 is 6.09 Å². The molecular formula is C4H7N3O3. The van der Waals surface area contributed by atoms with E-state index in [0.717, 1.165) is 0 Å². The number of nitrogens with two attached hydrogens (primary N) is 1. The summed E-state index contributed by atoms with van der Waals surface area (Å²) in [6.45, 7) is 0. The van der Waals surface area contributed by atoms with Crippen molar-refractivity contribution in [2.45, 2.75) is 0 Å². The molecule has 0 saturated heterocycles. The highest BCUT2D eigenvalue weighted by atomic mass is 16.4. The van der Waals surface area contributed by atoms with E-state index in [9.17, 15) is 4.79 Å². The number of carbonyl (C=O) groups is 1. The number of amides is 1. The highest BCUT2D eigenvalue weighted by Crippen LogP contribution is 1.53. The van der Waals surface area contributed by atoms with Gasteiger partial charge in [0.2, 0.25) is 0 Å². The monoisotopic (exact) mass is 145 g/mol. The summed E-state index contributed by atoms with van der Waals surface area (Å²) in [5, 5.41) is 12.0. The number of nitrogens with one attached hydrogen (secondary N) is 2. The van der Waals surface area contributed by atoms with Crippen molar-refractivity contribution in [2.75, 3.05) is 0 Å². The third-order valence-corrected chi connectivity index (χ3v) is 0.513. The second-order valence-corrected chi connectivity index (χ2v) is 1.31. The van der Waals surface area contributed by atoms with E-state index in [1.807, 2.05) is 0 Å². The van der Waals surface area contributed by atoms with Crippen LogP contribution in [0, 0.1) is 0 Å². The first-order valence-electron chi connectivity index (χ1n) is 2.33. The smallest absolute Gasteiger partial charge is 0.402 e. The fourth-order valence-corrected chi connectivity index (χ4v) is 0.272. The molecule has 5 N–H and O–H groups in total. The molecule has 0 aliphatic heterocycles. The van der Waals surface area contributed by atoms with Crippen LogP contribution in [-0.2, 0) is 0 Å². The summed E-state index contributed by atoms with van der Waals surface area (Å²) in [6.07, 6.45) is 0.211. The van der Waals surface area contributed by atoms with Crippen molar-refractivity contribution >= 4 is 6.09 Å². The SMILES string of the molecule is NC(=O)O.O=c1cc[nH][nH]1. The average Bonchev–Trinajstić information content (AvgIpc) is 2.15. The summed E-state index contributed by atoms with van der Waals surface area (Å²) in [5.74, 6) is 0. The zero-order valence-electron chi connectivity index (χ0n) is 5.00. The van der Waals surface area contributed by atoms with Crippen molar-refractivity contribution in [1.29, 1.82) is 0 Å².